The molecule has 1 fully saturated rings. The van der Waals surface area contributed by atoms with Gasteiger partial charge in [-0.3, -0.25) is 4.79 Å². The normalized spacial score (nSPS) is 20.2. The van der Waals surface area contributed by atoms with Gasteiger partial charge in [0, 0.05) is 6.07 Å². The number of ether oxygens (including phenoxy) is 1. The summed E-state index contributed by atoms with van der Waals surface area (Å²) >= 11 is 0. The van der Waals surface area contributed by atoms with Gasteiger partial charge in [-0.15, -0.1) is 0 Å². The minimum absolute atomic E-state index is 0.0158. The molecule has 5 heteroatoms. The third-order valence-electron chi connectivity index (χ3n) is 3.50. The summed E-state index contributed by atoms with van der Waals surface area (Å²) in [7, 11) is 0. The summed E-state index contributed by atoms with van der Waals surface area (Å²) in [5.74, 6) is 1.08. The van der Waals surface area contributed by atoms with Gasteiger partial charge in [0.25, 0.3) is 0 Å². The molecule has 1 amide bonds. The zero-order chi connectivity index (χ0) is 14.4. The Balaban J connectivity index is 1.94. The average molecular weight is 277 g/mol. The van der Waals surface area contributed by atoms with E-state index in [1.54, 1.807) is 12.1 Å². The van der Waals surface area contributed by atoms with Crippen LogP contribution in [0.25, 0.3) is 0 Å². The number of anilines is 1. The molecule has 1 saturated heterocycles. The van der Waals surface area contributed by atoms with Crippen LogP contribution in [0.1, 0.15) is 39.5 Å². The molecule has 1 aromatic heterocycles. The van der Waals surface area contributed by atoms with Gasteiger partial charge in [-0.1, -0.05) is 19.4 Å². The highest BCUT2D eigenvalue weighted by atomic mass is 16.5. The quantitative estimate of drug-likeness (QED) is 0.867. The number of carbonyl (C=O) groups is 1. The molecular weight excluding hydrogens is 254 g/mol. The van der Waals surface area contributed by atoms with E-state index in [9.17, 15) is 4.79 Å². The van der Waals surface area contributed by atoms with Crippen molar-refractivity contribution in [1.82, 2.24) is 10.3 Å². The summed E-state index contributed by atoms with van der Waals surface area (Å²) in [5.41, 5.74) is 0. The van der Waals surface area contributed by atoms with Crippen LogP contribution in [0.3, 0.4) is 0 Å². The van der Waals surface area contributed by atoms with E-state index in [4.69, 9.17) is 4.74 Å². The highest BCUT2D eigenvalue weighted by Crippen LogP contribution is 2.15. The molecule has 0 bridgehead atoms. The number of amides is 1. The van der Waals surface area contributed by atoms with Crippen LogP contribution in [0.5, 0.6) is 5.88 Å². The molecule has 0 spiro atoms. The largest absolute Gasteiger partial charge is 0.475 e. The molecule has 0 saturated carbocycles. The topological polar surface area (TPSA) is 63.2 Å². The zero-order valence-corrected chi connectivity index (χ0v) is 12.2. The third-order valence-corrected chi connectivity index (χ3v) is 3.50. The van der Waals surface area contributed by atoms with E-state index in [2.05, 4.69) is 22.5 Å². The highest BCUT2D eigenvalue weighted by Gasteiger charge is 2.20. The van der Waals surface area contributed by atoms with E-state index in [0.29, 0.717) is 11.7 Å². The maximum Gasteiger partial charge on any atom is 0.242 e. The second kappa shape index (κ2) is 7.24. The maximum absolute atomic E-state index is 12.1. The first-order valence-electron chi connectivity index (χ1n) is 7.37. The van der Waals surface area contributed by atoms with Crippen molar-refractivity contribution in [2.24, 2.45) is 0 Å². The van der Waals surface area contributed by atoms with Crippen molar-refractivity contribution in [2.75, 3.05) is 11.9 Å². The smallest absolute Gasteiger partial charge is 0.242 e. The van der Waals surface area contributed by atoms with Gasteiger partial charge in [-0.25, -0.2) is 0 Å². The fourth-order valence-electron chi connectivity index (χ4n) is 2.13. The first-order valence-corrected chi connectivity index (χ1v) is 7.37. The van der Waals surface area contributed by atoms with Crippen molar-refractivity contribution in [3.8, 4) is 5.88 Å². The first kappa shape index (κ1) is 14.8. The number of carbonyl (C=O) groups excluding carboxylic acids is 1. The molecule has 1 aliphatic rings. The van der Waals surface area contributed by atoms with Crippen LogP contribution in [0.4, 0.5) is 5.82 Å². The molecule has 20 heavy (non-hydrogen) atoms. The Hall–Kier alpha value is -1.62. The lowest BCUT2D eigenvalue weighted by atomic mass is 10.0. The zero-order valence-electron chi connectivity index (χ0n) is 12.2. The first-order chi connectivity index (χ1) is 9.69. The fraction of sp³-hybridized carbons (Fsp3) is 0.600. The number of piperidine rings is 1. The second-order valence-electron chi connectivity index (χ2n) is 5.19. The van der Waals surface area contributed by atoms with Crippen LogP contribution < -0.4 is 15.4 Å². The molecular formula is C15H23N3O2. The lowest BCUT2D eigenvalue weighted by molar-refractivity contribution is -0.118. The number of hydrogen-bond donors (Lipinski definition) is 2. The summed E-state index contributed by atoms with van der Waals surface area (Å²) in [6.07, 6.45) is 4.16. The second-order valence-corrected chi connectivity index (χ2v) is 5.19. The third kappa shape index (κ3) is 4.20. The van der Waals surface area contributed by atoms with Crippen molar-refractivity contribution >= 4 is 11.7 Å². The predicted molar refractivity (Wildman–Crippen MR) is 78.9 cm³/mol. The summed E-state index contributed by atoms with van der Waals surface area (Å²) in [4.78, 5) is 16.4. The van der Waals surface area contributed by atoms with Gasteiger partial charge in [-0.05, 0) is 38.8 Å². The molecule has 0 aromatic carbocycles. The van der Waals surface area contributed by atoms with Crippen molar-refractivity contribution in [3.05, 3.63) is 18.2 Å². The summed E-state index contributed by atoms with van der Waals surface area (Å²) in [5, 5.41) is 6.07. The van der Waals surface area contributed by atoms with E-state index in [1.807, 2.05) is 13.0 Å². The van der Waals surface area contributed by atoms with Gasteiger partial charge in [-0.2, -0.15) is 4.98 Å². The van der Waals surface area contributed by atoms with E-state index in [-0.39, 0.29) is 18.1 Å². The number of nitrogens with one attached hydrogen (secondary N) is 2. The number of rotatable bonds is 5. The van der Waals surface area contributed by atoms with Crippen LogP contribution >= 0.6 is 0 Å². The lowest BCUT2D eigenvalue weighted by Crippen LogP contribution is -2.43. The summed E-state index contributed by atoms with van der Waals surface area (Å²) < 4.78 is 5.65. The van der Waals surface area contributed by atoms with Crippen molar-refractivity contribution in [3.63, 3.8) is 0 Å². The number of aromatic nitrogens is 1. The molecule has 1 aromatic rings. The van der Waals surface area contributed by atoms with Gasteiger partial charge >= 0.3 is 0 Å². The Morgan fingerprint density at radius 1 is 1.55 bits per heavy atom. The summed E-state index contributed by atoms with van der Waals surface area (Å²) in [6.45, 7) is 4.96. The molecule has 2 rings (SSSR count). The Morgan fingerprint density at radius 3 is 3.10 bits per heavy atom. The Morgan fingerprint density at radius 2 is 2.40 bits per heavy atom. The van der Waals surface area contributed by atoms with Gasteiger partial charge in [0.1, 0.15) is 5.82 Å². The van der Waals surface area contributed by atoms with Gasteiger partial charge in [0.05, 0.1) is 12.1 Å². The Bertz CT molecular complexity index is 444. The van der Waals surface area contributed by atoms with Crippen LogP contribution in [0.2, 0.25) is 0 Å². The van der Waals surface area contributed by atoms with E-state index in [1.165, 1.54) is 0 Å². The molecule has 0 radical (unpaired) electrons. The van der Waals surface area contributed by atoms with Crippen molar-refractivity contribution in [1.29, 1.82) is 0 Å². The Labute approximate surface area is 120 Å². The van der Waals surface area contributed by atoms with Crippen molar-refractivity contribution in [2.45, 2.75) is 51.7 Å². The lowest BCUT2D eigenvalue weighted by Gasteiger charge is -2.22. The van der Waals surface area contributed by atoms with E-state index in [0.717, 1.165) is 32.2 Å². The molecule has 5 nitrogen and oxygen atoms in total. The van der Waals surface area contributed by atoms with Crippen molar-refractivity contribution < 1.29 is 9.53 Å². The molecule has 1 aliphatic heterocycles. The van der Waals surface area contributed by atoms with Crippen LogP contribution in [-0.4, -0.2) is 29.6 Å². The van der Waals surface area contributed by atoms with Crippen LogP contribution in [0.15, 0.2) is 18.2 Å². The highest BCUT2D eigenvalue weighted by molar-refractivity contribution is 5.94. The van der Waals surface area contributed by atoms with Gasteiger partial charge in [0.15, 0.2) is 0 Å². The number of pyridine rings is 1. The van der Waals surface area contributed by atoms with E-state index < -0.39 is 0 Å². The fourth-order valence-corrected chi connectivity index (χ4v) is 2.13. The molecule has 0 aliphatic carbocycles. The Kier molecular flexibility index (Phi) is 5.35. The molecule has 2 heterocycles. The minimum Gasteiger partial charge on any atom is -0.475 e. The molecule has 2 unspecified atom stereocenters. The molecule has 2 atom stereocenters. The minimum atomic E-state index is -0.107. The average Bonchev–Trinajstić information content (AvgIpc) is 2.48. The predicted octanol–water partition coefficient (Wildman–Crippen LogP) is 2.34. The molecule has 110 valence electrons. The van der Waals surface area contributed by atoms with Crippen LogP contribution in [0, 0.1) is 0 Å². The van der Waals surface area contributed by atoms with Crippen LogP contribution in [-0.2, 0) is 4.79 Å². The maximum atomic E-state index is 12.1. The number of nitrogens with zero attached hydrogens (tertiary/aromatic N) is 1. The van der Waals surface area contributed by atoms with Gasteiger partial charge < -0.3 is 15.4 Å². The van der Waals surface area contributed by atoms with E-state index >= 15 is 0 Å². The molecule has 2 N–H and O–H groups in total. The monoisotopic (exact) mass is 277 g/mol. The summed E-state index contributed by atoms with van der Waals surface area (Å²) in [6, 6.07) is 5.32. The number of hydrogen-bond acceptors (Lipinski definition) is 4. The standard InChI is InChI=1S/C15H23N3O2/c1-3-11(2)20-14-9-6-8-13(17-14)18-15(19)12-7-4-5-10-16-12/h6,8-9,11-12,16H,3-5,7,10H2,1-2H3,(H,17,18,19). The SMILES string of the molecule is CCC(C)Oc1cccc(NC(=O)C2CCCCN2)n1. The van der Waals surface area contributed by atoms with Gasteiger partial charge in [0.2, 0.25) is 11.8 Å².